The lowest BCUT2D eigenvalue weighted by Gasteiger charge is -2.20. The summed E-state index contributed by atoms with van der Waals surface area (Å²) in [6.45, 7) is 3.19. The van der Waals surface area contributed by atoms with Crippen LogP contribution in [0.3, 0.4) is 0 Å². The summed E-state index contributed by atoms with van der Waals surface area (Å²) in [6, 6.07) is 6.12. The molecule has 102 valence electrons. The third-order valence-electron chi connectivity index (χ3n) is 2.54. The van der Waals surface area contributed by atoms with Gasteiger partial charge in [-0.2, -0.15) is 0 Å². The Balaban J connectivity index is 2.86. The fourth-order valence-corrected chi connectivity index (χ4v) is 1.66. The molecule has 0 aliphatic heterocycles. The molecule has 0 aliphatic carbocycles. The molecule has 19 heavy (non-hydrogen) atoms. The second-order valence-corrected chi connectivity index (χ2v) is 3.75. The van der Waals surface area contributed by atoms with Crippen molar-refractivity contribution in [2.75, 3.05) is 20.4 Å². The lowest BCUT2D eigenvalue weighted by atomic mass is 10.0. The number of azide groups is 1. The van der Waals surface area contributed by atoms with Gasteiger partial charge >= 0.3 is 0 Å². The minimum absolute atomic E-state index is 0.416. The van der Waals surface area contributed by atoms with Crippen LogP contribution in [0.4, 0.5) is 4.39 Å². The first kappa shape index (κ1) is 15.0. The molecule has 2 atom stereocenters. The molecule has 0 fully saturated rings. The first-order valence-electron chi connectivity index (χ1n) is 5.73. The maximum Gasteiger partial charge on any atom is 0.119 e. The molecule has 0 saturated carbocycles. The van der Waals surface area contributed by atoms with Gasteiger partial charge in [0.1, 0.15) is 19.0 Å². The fourth-order valence-electron chi connectivity index (χ4n) is 1.66. The first-order chi connectivity index (χ1) is 9.26. The molecule has 0 bridgehead atoms. The van der Waals surface area contributed by atoms with E-state index in [-0.39, 0.29) is 0 Å². The smallest absolute Gasteiger partial charge is 0.119 e. The minimum atomic E-state index is -0.880. The molecule has 1 aromatic rings. The van der Waals surface area contributed by atoms with E-state index in [0.717, 1.165) is 5.56 Å². The van der Waals surface area contributed by atoms with Crippen molar-refractivity contribution in [2.24, 2.45) is 5.11 Å². The highest BCUT2D eigenvalue weighted by Gasteiger charge is 2.22. The van der Waals surface area contributed by atoms with Crippen LogP contribution in [0.15, 0.2) is 42.0 Å². The van der Waals surface area contributed by atoms with Crippen LogP contribution in [0.5, 0.6) is 5.75 Å². The van der Waals surface area contributed by atoms with Crippen LogP contribution in [0, 0.1) is 0 Å². The van der Waals surface area contributed by atoms with E-state index in [1.807, 2.05) is 0 Å². The van der Waals surface area contributed by atoms with Crippen molar-refractivity contribution in [3.8, 4) is 5.75 Å². The Morgan fingerprint density at radius 1 is 1.47 bits per heavy atom. The lowest BCUT2D eigenvalue weighted by Crippen LogP contribution is -2.20. The summed E-state index contributed by atoms with van der Waals surface area (Å²) in [4.78, 5) is 2.63. The molecule has 0 saturated heterocycles. The predicted molar refractivity (Wildman–Crippen MR) is 70.8 cm³/mol. The maximum atomic E-state index is 12.8. The van der Waals surface area contributed by atoms with Gasteiger partial charge < -0.3 is 9.47 Å². The van der Waals surface area contributed by atoms with Crippen LogP contribution < -0.4 is 4.74 Å². The maximum absolute atomic E-state index is 12.8. The average molecular weight is 265 g/mol. The van der Waals surface area contributed by atoms with Gasteiger partial charge in [0.05, 0.1) is 12.1 Å². The Morgan fingerprint density at radius 2 is 2.16 bits per heavy atom. The molecule has 0 radical (unpaired) electrons. The molecule has 1 rings (SSSR count). The number of methoxy groups -OCH3 is 1. The van der Waals surface area contributed by atoms with E-state index in [2.05, 4.69) is 16.6 Å². The average Bonchev–Trinajstić information content (AvgIpc) is 2.46. The normalized spacial score (nSPS) is 13.2. The largest absolute Gasteiger partial charge is 0.490 e. The Kier molecular flexibility index (Phi) is 6.43. The van der Waals surface area contributed by atoms with Crippen LogP contribution in [0.1, 0.15) is 11.7 Å². The monoisotopic (exact) mass is 265 g/mol. The zero-order chi connectivity index (χ0) is 14.1. The van der Waals surface area contributed by atoms with Crippen LogP contribution >= 0.6 is 0 Å². The molecule has 0 heterocycles. The number of ether oxygens (including phenoxy) is 2. The molecule has 1 aromatic carbocycles. The van der Waals surface area contributed by atoms with Crippen LogP contribution in [-0.2, 0) is 4.74 Å². The number of halogens is 1. The standard InChI is InChI=1S/C13H16FN3O2/c1-3-8-19-11-6-4-10(5-7-11)13(18-2)12(9-14)16-17-15/h3-7,12-13H,1,8-9H2,2H3/t12-,13-/m1/s1. The van der Waals surface area contributed by atoms with Gasteiger partial charge in [0, 0.05) is 12.0 Å². The molecule has 0 amide bonds. The summed E-state index contributed by atoms with van der Waals surface area (Å²) in [5, 5.41) is 3.40. The van der Waals surface area contributed by atoms with E-state index in [1.54, 1.807) is 30.3 Å². The summed E-state index contributed by atoms with van der Waals surface area (Å²) in [5.41, 5.74) is 9.13. The van der Waals surface area contributed by atoms with Crippen molar-refractivity contribution in [3.05, 3.63) is 52.9 Å². The molecule has 0 spiro atoms. The predicted octanol–water partition coefficient (Wildman–Crippen LogP) is 3.59. The highest BCUT2D eigenvalue weighted by molar-refractivity contribution is 5.29. The van der Waals surface area contributed by atoms with Crippen LogP contribution in [-0.4, -0.2) is 26.4 Å². The zero-order valence-electron chi connectivity index (χ0n) is 10.7. The summed E-state index contributed by atoms with van der Waals surface area (Å²) in [7, 11) is 1.45. The van der Waals surface area contributed by atoms with Crippen molar-refractivity contribution in [1.29, 1.82) is 0 Å². The topological polar surface area (TPSA) is 67.2 Å². The number of benzene rings is 1. The second-order valence-electron chi connectivity index (χ2n) is 3.75. The van der Waals surface area contributed by atoms with Crippen molar-refractivity contribution >= 4 is 0 Å². The van der Waals surface area contributed by atoms with Gasteiger partial charge in [-0.15, -0.1) is 0 Å². The molecule has 0 aliphatic rings. The quantitative estimate of drug-likeness (QED) is 0.312. The van der Waals surface area contributed by atoms with E-state index >= 15 is 0 Å². The SMILES string of the molecule is C=CCOc1ccc([C@@H](OC)[C@@H](CF)N=[N+]=[N-])cc1. The first-order valence-corrected chi connectivity index (χ1v) is 5.73. The minimum Gasteiger partial charge on any atom is -0.490 e. The van der Waals surface area contributed by atoms with Gasteiger partial charge in [0.2, 0.25) is 0 Å². The Labute approximate surface area is 111 Å². The molecule has 0 aromatic heterocycles. The summed E-state index contributed by atoms with van der Waals surface area (Å²) in [6.07, 6.45) is 1.03. The molecule has 0 N–H and O–H groups in total. The Hall–Kier alpha value is -2.04. The van der Waals surface area contributed by atoms with Crippen LogP contribution in [0.2, 0.25) is 0 Å². The van der Waals surface area contributed by atoms with E-state index in [9.17, 15) is 4.39 Å². The Bertz CT molecular complexity index is 444. The summed E-state index contributed by atoms with van der Waals surface area (Å²) >= 11 is 0. The van der Waals surface area contributed by atoms with Crippen molar-refractivity contribution < 1.29 is 13.9 Å². The lowest BCUT2D eigenvalue weighted by molar-refractivity contribution is 0.0721. The number of hydrogen-bond acceptors (Lipinski definition) is 3. The molecule has 5 nitrogen and oxygen atoms in total. The molecule has 6 heteroatoms. The number of rotatable bonds is 8. The summed E-state index contributed by atoms with van der Waals surface area (Å²) in [5.74, 6) is 0.680. The highest BCUT2D eigenvalue weighted by Crippen LogP contribution is 2.25. The summed E-state index contributed by atoms with van der Waals surface area (Å²) < 4.78 is 23.4. The third kappa shape index (κ3) is 4.28. The van der Waals surface area contributed by atoms with Gasteiger partial charge in [-0.05, 0) is 23.2 Å². The van der Waals surface area contributed by atoms with Gasteiger partial charge in [-0.3, -0.25) is 4.39 Å². The van der Waals surface area contributed by atoms with Gasteiger partial charge in [0.15, 0.2) is 0 Å². The van der Waals surface area contributed by atoms with E-state index < -0.39 is 18.8 Å². The van der Waals surface area contributed by atoms with Gasteiger partial charge in [-0.1, -0.05) is 29.9 Å². The Morgan fingerprint density at radius 3 is 2.63 bits per heavy atom. The van der Waals surface area contributed by atoms with Crippen molar-refractivity contribution in [3.63, 3.8) is 0 Å². The number of alkyl halides is 1. The van der Waals surface area contributed by atoms with Gasteiger partial charge in [0.25, 0.3) is 0 Å². The van der Waals surface area contributed by atoms with E-state index in [0.29, 0.717) is 12.4 Å². The number of hydrogen-bond donors (Lipinski definition) is 0. The van der Waals surface area contributed by atoms with E-state index in [1.165, 1.54) is 7.11 Å². The van der Waals surface area contributed by atoms with Crippen LogP contribution in [0.25, 0.3) is 10.4 Å². The van der Waals surface area contributed by atoms with Crippen molar-refractivity contribution in [1.82, 2.24) is 0 Å². The van der Waals surface area contributed by atoms with Gasteiger partial charge in [-0.25, -0.2) is 0 Å². The zero-order valence-corrected chi connectivity index (χ0v) is 10.7. The third-order valence-corrected chi connectivity index (χ3v) is 2.54. The fraction of sp³-hybridized carbons (Fsp3) is 0.385. The molecular formula is C13H16FN3O2. The van der Waals surface area contributed by atoms with E-state index in [4.69, 9.17) is 15.0 Å². The molecule has 0 unspecified atom stereocenters. The number of nitrogens with zero attached hydrogens (tertiary/aromatic N) is 3. The van der Waals surface area contributed by atoms with Crippen molar-refractivity contribution in [2.45, 2.75) is 12.1 Å². The highest BCUT2D eigenvalue weighted by atomic mass is 19.1. The second kappa shape index (κ2) is 8.13. The molecular weight excluding hydrogens is 249 g/mol.